The number of esters is 1. The van der Waals surface area contributed by atoms with Crippen molar-refractivity contribution in [1.29, 1.82) is 0 Å². The Morgan fingerprint density at radius 1 is 0.481 bits per heavy atom. The Morgan fingerprint density at radius 2 is 0.904 bits per heavy atom. The molecule has 0 aliphatic heterocycles. The summed E-state index contributed by atoms with van der Waals surface area (Å²) < 4.78 is 16.9. The second kappa shape index (κ2) is 40.8. The van der Waals surface area contributed by atoms with Gasteiger partial charge in [0, 0.05) is 13.0 Å². The molecule has 7 nitrogen and oxygen atoms in total. The first-order valence-electron chi connectivity index (χ1n) is 22.9. The van der Waals surface area contributed by atoms with Gasteiger partial charge in [0.25, 0.3) is 0 Å². The molecule has 0 aromatic heterocycles. The zero-order valence-corrected chi connectivity index (χ0v) is 35.3. The number of hydrogen-bond acceptors (Lipinski definition) is 7. The van der Waals surface area contributed by atoms with Crippen LogP contribution in [0.25, 0.3) is 0 Å². The van der Waals surface area contributed by atoms with Crippen molar-refractivity contribution in [2.24, 2.45) is 0 Å². The topological polar surface area (TPSA) is 85.3 Å². The molecule has 0 rings (SSSR count). The maximum absolute atomic E-state index is 12.7. The summed E-state index contributed by atoms with van der Waals surface area (Å²) in [5, 5.41) is 9.59. The molecule has 0 aliphatic carbocycles. The molecule has 1 atom stereocenters. The van der Waals surface area contributed by atoms with E-state index in [1.165, 1.54) is 109 Å². The lowest BCUT2D eigenvalue weighted by atomic mass is 10.0. The number of ether oxygens (including phenoxy) is 3. The number of carbonyl (C=O) groups excluding carboxylic acids is 2. The predicted octanol–water partition coefficient (Wildman–Crippen LogP) is 13.3. The SMILES string of the molecule is CCCCCCCCCOC(=O)OC(CC)CCCCCN(CCO)CCCCCCCC(=O)OC(CCCCCCCC)CCCCCCCC. The molecule has 310 valence electrons. The summed E-state index contributed by atoms with van der Waals surface area (Å²) in [6.45, 7) is 12.2. The second-order valence-electron chi connectivity index (χ2n) is 15.5. The van der Waals surface area contributed by atoms with Gasteiger partial charge in [-0.1, -0.05) is 156 Å². The molecule has 0 radical (unpaired) electrons. The Morgan fingerprint density at radius 3 is 1.40 bits per heavy atom. The van der Waals surface area contributed by atoms with Crippen molar-refractivity contribution < 1.29 is 28.9 Å². The van der Waals surface area contributed by atoms with Gasteiger partial charge in [0.15, 0.2) is 0 Å². The number of aliphatic hydroxyl groups excluding tert-OH is 1. The van der Waals surface area contributed by atoms with Crippen LogP contribution in [0, 0.1) is 0 Å². The van der Waals surface area contributed by atoms with Gasteiger partial charge in [-0.3, -0.25) is 4.79 Å². The molecule has 0 spiro atoms. The highest BCUT2D eigenvalue weighted by molar-refractivity contribution is 5.69. The van der Waals surface area contributed by atoms with E-state index in [0.717, 1.165) is 110 Å². The van der Waals surface area contributed by atoms with Gasteiger partial charge in [0.05, 0.1) is 13.2 Å². The van der Waals surface area contributed by atoms with E-state index in [4.69, 9.17) is 14.2 Å². The van der Waals surface area contributed by atoms with Crippen LogP contribution in [0.1, 0.15) is 233 Å². The first-order chi connectivity index (χ1) is 25.5. The minimum absolute atomic E-state index is 0.00615. The third-order valence-corrected chi connectivity index (χ3v) is 10.5. The van der Waals surface area contributed by atoms with E-state index in [2.05, 4.69) is 32.6 Å². The van der Waals surface area contributed by atoms with Gasteiger partial charge in [0.1, 0.15) is 12.2 Å². The van der Waals surface area contributed by atoms with Crippen LogP contribution in [0.15, 0.2) is 0 Å². The Bertz CT molecular complexity index is 733. The molecule has 1 unspecified atom stereocenters. The molecule has 0 aromatic rings. The maximum atomic E-state index is 12.7. The lowest BCUT2D eigenvalue weighted by Crippen LogP contribution is -2.29. The largest absolute Gasteiger partial charge is 0.508 e. The molecule has 0 heterocycles. The molecule has 0 saturated carbocycles. The quantitative estimate of drug-likeness (QED) is 0.0493. The van der Waals surface area contributed by atoms with Gasteiger partial charge in [0.2, 0.25) is 0 Å². The predicted molar refractivity (Wildman–Crippen MR) is 220 cm³/mol. The van der Waals surface area contributed by atoms with Gasteiger partial charge in [-0.25, -0.2) is 4.79 Å². The number of unbranched alkanes of at least 4 members (excludes halogenated alkanes) is 22. The lowest BCUT2D eigenvalue weighted by Gasteiger charge is -2.21. The third kappa shape index (κ3) is 35.7. The van der Waals surface area contributed by atoms with E-state index < -0.39 is 6.16 Å². The molecule has 0 bridgehead atoms. The van der Waals surface area contributed by atoms with Crippen molar-refractivity contribution in [2.45, 2.75) is 245 Å². The fourth-order valence-corrected chi connectivity index (χ4v) is 7.04. The normalized spacial score (nSPS) is 12.1. The zero-order valence-electron chi connectivity index (χ0n) is 35.3. The second-order valence-corrected chi connectivity index (χ2v) is 15.5. The molecular formula is C45H89NO6. The number of nitrogens with zero attached hydrogens (tertiary/aromatic N) is 1. The van der Waals surface area contributed by atoms with Crippen LogP contribution in [0.4, 0.5) is 4.79 Å². The van der Waals surface area contributed by atoms with Crippen LogP contribution >= 0.6 is 0 Å². The van der Waals surface area contributed by atoms with Crippen LogP contribution in [0.3, 0.4) is 0 Å². The van der Waals surface area contributed by atoms with Gasteiger partial charge < -0.3 is 24.2 Å². The molecule has 0 fully saturated rings. The number of rotatable bonds is 41. The van der Waals surface area contributed by atoms with Gasteiger partial charge >= 0.3 is 12.1 Å². The fourth-order valence-electron chi connectivity index (χ4n) is 7.04. The van der Waals surface area contributed by atoms with Gasteiger partial charge in [-0.15, -0.1) is 0 Å². The number of hydrogen-bond donors (Lipinski definition) is 1. The summed E-state index contributed by atoms with van der Waals surface area (Å²) >= 11 is 0. The van der Waals surface area contributed by atoms with E-state index in [0.29, 0.717) is 13.0 Å². The number of carbonyl (C=O) groups is 2. The van der Waals surface area contributed by atoms with E-state index in [1.807, 2.05) is 0 Å². The smallest absolute Gasteiger partial charge is 0.462 e. The van der Waals surface area contributed by atoms with Crippen molar-refractivity contribution in [3.8, 4) is 0 Å². The molecule has 7 heteroatoms. The summed E-state index contributed by atoms with van der Waals surface area (Å²) in [7, 11) is 0. The molecule has 0 amide bonds. The van der Waals surface area contributed by atoms with E-state index in [1.54, 1.807) is 0 Å². The van der Waals surface area contributed by atoms with E-state index >= 15 is 0 Å². The summed E-state index contributed by atoms with van der Waals surface area (Å²) in [6, 6.07) is 0. The van der Waals surface area contributed by atoms with Crippen molar-refractivity contribution in [3.63, 3.8) is 0 Å². The van der Waals surface area contributed by atoms with Crippen molar-refractivity contribution in [2.75, 3.05) is 32.8 Å². The summed E-state index contributed by atoms with van der Waals surface area (Å²) in [6.07, 6.45) is 36.1. The molecular weight excluding hydrogens is 650 g/mol. The van der Waals surface area contributed by atoms with Crippen molar-refractivity contribution in [1.82, 2.24) is 4.90 Å². The fraction of sp³-hybridized carbons (Fsp3) is 0.956. The van der Waals surface area contributed by atoms with Crippen LogP contribution in [-0.4, -0.2) is 67.2 Å². The summed E-state index contributed by atoms with van der Waals surface area (Å²) in [5.74, 6) is 0.00615. The molecule has 0 aliphatic rings. The maximum Gasteiger partial charge on any atom is 0.508 e. The Balaban J connectivity index is 4.10. The summed E-state index contributed by atoms with van der Waals surface area (Å²) in [5.41, 5.74) is 0. The van der Waals surface area contributed by atoms with Gasteiger partial charge in [-0.2, -0.15) is 0 Å². The average Bonchev–Trinajstić information content (AvgIpc) is 3.14. The molecule has 0 aromatic carbocycles. The van der Waals surface area contributed by atoms with Crippen LogP contribution in [0.5, 0.6) is 0 Å². The zero-order chi connectivity index (χ0) is 38.2. The van der Waals surface area contributed by atoms with Crippen molar-refractivity contribution in [3.05, 3.63) is 0 Å². The number of aliphatic hydroxyl groups is 1. The standard InChI is InChI=1S/C45H89NO6/c1-5-9-12-15-18-24-32-41-50-45(49)52-42(8-4)33-28-25-31-38-46(39-40-47)37-30-23-19-22-29-36-44(48)51-43(34-26-20-16-13-10-6-2)35-27-21-17-14-11-7-3/h42-43,47H,5-41H2,1-4H3. The van der Waals surface area contributed by atoms with Crippen molar-refractivity contribution >= 4 is 12.1 Å². The molecule has 52 heavy (non-hydrogen) atoms. The van der Waals surface area contributed by atoms with Gasteiger partial charge in [-0.05, 0) is 83.7 Å². The average molecular weight is 740 g/mol. The Kier molecular flexibility index (Phi) is 39.8. The third-order valence-electron chi connectivity index (χ3n) is 10.5. The van der Waals surface area contributed by atoms with Crippen LogP contribution < -0.4 is 0 Å². The Labute approximate surface area is 323 Å². The highest BCUT2D eigenvalue weighted by atomic mass is 16.7. The highest BCUT2D eigenvalue weighted by Gasteiger charge is 2.15. The molecule has 1 N–H and O–H groups in total. The van der Waals surface area contributed by atoms with E-state index in [9.17, 15) is 14.7 Å². The first-order valence-corrected chi connectivity index (χ1v) is 22.9. The van der Waals surface area contributed by atoms with Crippen LogP contribution in [0.2, 0.25) is 0 Å². The van der Waals surface area contributed by atoms with Crippen LogP contribution in [-0.2, 0) is 19.0 Å². The lowest BCUT2D eigenvalue weighted by molar-refractivity contribution is -0.150. The Hall–Kier alpha value is -1.34. The minimum Gasteiger partial charge on any atom is -0.462 e. The molecule has 0 saturated heterocycles. The minimum atomic E-state index is -0.516. The summed E-state index contributed by atoms with van der Waals surface area (Å²) in [4.78, 5) is 27.2. The highest BCUT2D eigenvalue weighted by Crippen LogP contribution is 2.19. The first kappa shape index (κ1) is 50.7. The monoisotopic (exact) mass is 740 g/mol. The van der Waals surface area contributed by atoms with E-state index in [-0.39, 0.29) is 24.8 Å².